The van der Waals surface area contributed by atoms with Gasteiger partial charge in [-0.25, -0.2) is 9.37 Å². The molecule has 0 spiro atoms. The number of nitrogens with one attached hydrogen (secondary N) is 1. The average Bonchev–Trinajstić information content (AvgIpc) is 3.20. The minimum absolute atomic E-state index is 0.0629. The summed E-state index contributed by atoms with van der Waals surface area (Å²) in [4.78, 5) is 16.2. The van der Waals surface area contributed by atoms with Gasteiger partial charge in [-0.3, -0.25) is 10.1 Å². The largest absolute Gasteiger partial charge is 0.378 e. The third-order valence-electron chi connectivity index (χ3n) is 3.95. The fraction of sp³-hybridized carbons (Fsp3) is 0.412. The molecule has 1 aliphatic heterocycles. The molecule has 0 unspecified atom stereocenters. The molecule has 1 aliphatic rings. The molecule has 5 nitrogen and oxygen atoms in total. The van der Waals surface area contributed by atoms with E-state index in [1.54, 1.807) is 24.5 Å². The highest BCUT2D eigenvalue weighted by Gasteiger charge is 2.17. The fourth-order valence-electron chi connectivity index (χ4n) is 2.70. The quantitative estimate of drug-likeness (QED) is 0.891. The van der Waals surface area contributed by atoms with E-state index in [0.29, 0.717) is 18.9 Å². The molecule has 1 aromatic heterocycles. The molecule has 2 aromatic rings. The van der Waals surface area contributed by atoms with Crippen molar-refractivity contribution >= 4 is 11.9 Å². The molecule has 23 heavy (non-hydrogen) atoms. The van der Waals surface area contributed by atoms with Crippen molar-refractivity contribution in [3.8, 4) is 0 Å². The minimum Gasteiger partial charge on any atom is -0.378 e. The van der Waals surface area contributed by atoms with Crippen LogP contribution in [0, 0.1) is 5.82 Å². The summed E-state index contributed by atoms with van der Waals surface area (Å²) >= 11 is 0. The predicted molar refractivity (Wildman–Crippen MR) is 84.6 cm³/mol. The van der Waals surface area contributed by atoms with Gasteiger partial charge in [-0.2, -0.15) is 0 Å². The Morgan fingerprint density at radius 2 is 2.22 bits per heavy atom. The third kappa shape index (κ3) is 4.39. The van der Waals surface area contributed by atoms with Gasteiger partial charge in [0, 0.05) is 25.4 Å². The van der Waals surface area contributed by atoms with Crippen LogP contribution >= 0.6 is 0 Å². The monoisotopic (exact) mass is 317 g/mol. The molecule has 1 N–H and O–H groups in total. The predicted octanol–water partition coefficient (Wildman–Crippen LogP) is 2.97. The first-order valence-corrected chi connectivity index (χ1v) is 7.88. The first kappa shape index (κ1) is 15.7. The number of carbonyl (C=O) groups excluding carboxylic acids is 1. The number of rotatable bonds is 6. The molecular formula is C17H20FN3O2. The van der Waals surface area contributed by atoms with Gasteiger partial charge < -0.3 is 9.30 Å². The van der Waals surface area contributed by atoms with Gasteiger partial charge in [-0.05, 0) is 37.0 Å². The van der Waals surface area contributed by atoms with Crippen molar-refractivity contribution in [2.24, 2.45) is 0 Å². The zero-order valence-electron chi connectivity index (χ0n) is 12.9. The lowest BCUT2D eigenvalue weighted by atomic mass is 10.1. The summed E-state index contributed by atoms with van der Waals surface area (Å²) in [5.41, 5.74) is 0.944. The molecule has 1 amide bonds. The Labute approximate surface area is 134 Å². The van der Waals surface area contributed by atoms with Crippen LogP contribution in [0.3, 0.4) is 0 Å². The van der Waals surface area contributed by atoms with Gasteiger partial charge >= 0.3 is 0 Å². The maximum Gasteiger partial charge on any atom is 0.226 e. The van der Waals surface area contributed by atoms with Gasteiger partial charge in [-0.1, -0.05) is 12.1 Å². The van der Waals surface area contributed by atoms with Crippen molar-refractivity contribution in [2.45, 2.75) is 38.3 Å². The van der Waals surface area contributed by atoms with Crippen LogP contribution in [-0.4, -0.2) is 28.2 Å². The highest BCUT2D eigenvalue weighted by molar-refractivity contribution is 5.89. The third-order valence-corrected chi connectivity index (χ3v) is 3.95. The van der Waals surface area contributed by atoms with Crippen LogP contribution in [0.5, 0.6) is 0 Å². The molecule has 0 bridgehead atoms. The lowest BCUT2D eigenvalue weighted by Crippen LogP contribution is -2.18. The Balaban J connectivity index is 1.55. The number of ether oxygens (including phenoxy) is 1. The van der Waals surface area contributed by atoms with E-state index >= 15 is 0 Å². The lowest BCUT2D eigenvalue weighted by Gasteiger charge is -2.11. The summed E-state index contributed by atoms with van der Waals surface area (Å²) in [7, 11) is 0. The van der Waals surface area contributed by atoms with Crippen molar-refractivity contribution in [2.75, 3.05) is 11.9 Å². The summed E-state index contributed by atoms with van der Waals surface area (Å²) in [6.45, 7) is 1.33. The molecule has 0 radical (unpaired) electrons. The summed E-state index contributed by atoms with van der Waals surface area (Å²) in [6.07, 6.45) is 6.91. The van der Waals surface area contributed by atoms with Gasteiger partial charge in [0.15, 0.2) is 0 Å². The number of benzene rings is 1. The molecule has 6 heteroatoms. The number of aromatic nitrogens is 2. The molecule has 122 valence electrons. The van der Waals surface area contributed by atoms with Crippen LogP contribution in [0.2, 0.25) is 0 Å². The van der Waals surface area contributed by atoms with Gasteiger partial charge in [0.2, 0.25) is 11.9 Å². The van der Waals surface area contributed by atoms with E-state index in [1.165, 1.54) is 12.1 Å². The summed E-state index contributed by atoms with van der Waals surface area (Å²) in [5.74, 6) is 0.181. The average molecular weight is 317 g/mol. The first-order chi connectivity index (χ1) is 11.2. The highest BCUT2D eigenvalue weighted by Crippen LogP contribution is 2.17. The van der Waals surface area contributed by atoms with E-state index in [1.807, 2.05) is 4.57 Å². The Hall–Kier alpha value is -2.21. The second-order valence-corrected chi connectivity index (χ2v) is 5.73. The minimum atomic E-state index is -0.262. The van der Waals surface area contributed by atoms with E-state index in [2.05, 4.69) is 10.3 Å². The van der Waals surface area contributed by atoms with Crippen molar-refractivity contribution in [1.82, 2.24) is 9.55 Å². The van der Waals surface area contributed by atoms with Gasteiger partial charge in [0.25, 0.3) is 0 Å². The molecule has 1 fully saturated rings. The normalized spacial score (nSPS) is 17.3. The van der Waals surface area contributed by atoms with Crippen LogP contribution in [-0.2, 0) is 16.1 Å². The number of amides is 1. The Morgan fingerprint density at radius 3 is 2.96 bits per heavy atom. The molecular weight excluding hydrogens is 297 g/mol. The van der Waals surface area contributed by atoms with Crippen molar-refractivity contribution < 1.29 is 13.9 Å². The molecule has 0 saturated carbocycles. The standard InChI is InChI=1S/C17H20FN3O2/c18-14-5-3-13(4-6-14)12-21-10-9-19-17(21)20-16(22)8-7-15-2-1-11-23-15/h3-6,9-10,15H,1-2,7-8,11-12H2,(H,19,20,22)/t15-/m0/s1. The maximum absolute atomic E-state index is 12.9. The van der Waals surface area contributed by atoms with E-state index in [0.717, 1.165) is 31.4 Å². The van der Waals surface area contributed by atoms with Crippen molar-refractivity contribution in [3.63, 3.8) is 0 Å². The number of hydrogen-bond acceptors (Lipinski definition) is 3. The Morgan fingerprint density at radius 1 is 1.39 bits per heavy atom. The van der Waals surface area contributed by atoms with Crippen LogP contribution < -0.4 is 5.32 Å². The zero-order valence-corrected chi connectivity index (χ0v) is 12.9. The summed E-state index contributed by atoms with van der Waals surface area (Å²) in [5, 5.41) is 2.83. The maximum atomic E-state index is 12.9. The number of imidazole rings is 1. The zero-order chi connectivity index (χ0) is 16.1. The van der Waals surface area contributed by atoms with Crippen molar-refractivity contribution in [3.05, 3.63) is 48.0 Å². The second kappa shape index (κ2) is 7.37. The van der Waals surface area contributed by atoms with E-state index in [9.17, 15) is 9.18 Å². The van der Waals surface area contributed by atoms with Crippen LogP contribution in [0.4, 0.5) is 10.3 Å². The van der Waals surface area contributed by atoms with Gasteiger partial charge in [-0.15, -0.1) is 0 Å². The number of hydrogen-bond donors (Lipinski definition) is 1. The fourth-order valence-corrected chi connectivity index (χ4v) is 2.70. The van der Waals surface area contributed by atoms with Crippen LogP contribution in [0.15, 0.2) is 36.7 Å². The smallest absolute Gasteiger partial charge is 0.226 e. The molecule has 1 aromatic carbocycles. The SMILES string of the molecule is O=C(CC[C@@H]1CCCO1)Nc1nccn1Cc1ccc(F)cc1. The Bertz CT molecular complexity index is 648. The van der Waals surface area contributed by atoms with Crippen LogP contribution in [0.1, 0.15) is 31.2 Å². The molecule has 1 atom stereocenters. The number of nitrogens with zero attached hydrogens (tertiary/aromatic N) is 2. The Kier molecular flexibility index (Phi) is 5.02. The first-order valence-electron chi connectivity index (χ1n) is 7.88. The topological polar surface area (TPSA) is 56.1 Å². The molecule has 1 saturated heterocycles. The summed E-state index contributed by atoms with van der Waals surface area (Å²) < 4.78 is 20.3. The molecule has 0 aliphatic carbocycles. The van der Waals surface area contributed by atoms with Crippen molar-refractivity contribution in [1.29, 1.82) is 0 Å². The van der Waals surface area contributed by atoms with E-state index in [-0.39, 0.29) is 17.8 Å². The second-order valence-electron chi connectivity index (χ2n) is 5.73. The summed E-state index contributed by atoms with van der Waals surface area (Å²) in [6, 6.07) is 6.29. The lowest BCUT2D eigenvalue weighted by molar-refractivity contribution is -0.116. The highest BCUT2D eigenvalue weighted by atomic mass is 19.1. The van der Waals surface area contributed by atoms with E-state index in [4.69, 9.17) is 4.74 Å². The van der Waals surface area contributed by atoms with Crippen LogP contribution in [0.25, 0.3) is 0 Å². The molecule has 2 heterocycles. The van der Waals surface area contributed by atoms with E-state index < -0.39 is 0 Å². The number of anilines is 1. The van der Waals surface area contributed by atoms with Gasteiger partial charge in [0.1, 0.15) is 5.82 Å². The molecule has 3 rings (SSSR count). The van der Waals surface area contributed by atoms with Gasteiger partial charge in [0.05, 0.1) is 12.6 Å². The number of halogens is 1. The number of carbonyl (C=O) groups is 1.